The Hall–Kier alpha value is -1.35. The van der Waals surface area contributed by atoms with Crippen LogP contribution in [0.4, 0.5) is 0 Å². The molecule has 3 N–H and O–H groups in total. The third kappa shape index (κ3) is 4.07. The van der Waals surface area contributed by atoms with Crippen LogP contribution in [0.15, 0.2) is 11.4 Å². The van der Waals surface area contributed by atoms with Crippen molar-refractivity contribution in [2.24, 2.45) is 5.73 Å². The fourth-order valence-electron chi connectivity index (χ4n) is 2.68. The maximum Gasteiger partial charge on any atom is 0.231 e. The van der Waals surface area contributed by atoms with Gasteiger partial charge in [-0.2, -0.15) is 0 Å². The molecule has 0 bridgehead atoms. The molecule has 0 spiro atoms. The first kappa shape index (κ1) is 15.0. The Kier molecular flexibility index (Phi) is 5.60. The molecule has 0 aromatic carbocycles. The fourth-order valence-corrected chi connectivity index (χ4v) is 3.53. The first-order valence-corrected chi connectivity index (χ1v) is 7.77. The van der Waals surface area contributed by atoms with Gasteiger partial charge < -0.3 is 10.8 Å². The standard InChI is InChI=1S/C15H20N2O2S/c16-15(19)11-17(13-5-1-2-6-13)10-14-12(4-3-8-18)7-9-20-14/h7,9,13,18H,1-2,5-6,8,10-11H2,(H2,16,19). The number of nitrogens with zero attached hydrogens (tertiary/aromatic N) is 1. The lowest BCUT2D eigenvalue weighted by atomic mass is 10.2. The van der Waals surface area contributed by atoms with Crippen molar-refractivity contribution in [2.45, 2.75) is 38.3 Å². The zero-order valence-electron chi connectivity index (χ0n) is 11.5. The number of nitrogens with two attached hydrogens (primary N) is 1. The molecule has 1 amide bonds. The van der Waals surface area contributed by atoms with Crippen LogP contribution in [0.5, 0.6) is 0 Å². The number of carbonyl (C=O) groups excluding carboxylic acids is 1. The zero-order valence-corrected chi connectivity index (χ0v) is 12.3. The van der Waals surface area contributed by atoms with Crippen molar-refractivity contribution in [3.63, 3.8) is 0 Å². The molecule has 0 atom stereocenters. The average Bonchev–Trinajstić information content (AvgIpc) is 3.06. The van der Waals surface area contributed by atoms with Gasteiger partial charge in [0.25, 0.3) is 0 Å². The second-order valence-electron chi connectivity index (χ2n) is 5.03. The molecule has 1 aliphatic rings. The highest BCUT2D eigenvalue weighted by Crippen LogP contribution is 2.26. The van der Waals surface area contributed by atoms with E-state index >= 15 is 0 Å². The van der Waals surface area contributed by atoms with Gasteiger partial charge in [-0.3, -0.25) is 9.69 Å². The van der Waals surface area contributed by atoms with E-state index in [1.54, 1.807) is 11.3 Å². The number of primary amides is 1. The summed E-state index contributed by atoms with van der Waals surface area (Å²) >= 11 is 1.64. The average molecular weight is 292 g/mol. The third-order valence-corrected chi connectivity index (χ3v) is 4.50. The molecule has 2 rings (SSSR count). The molecule has 0 unspecified atom stereocenters. The minimum atomic E-state index is -0.281. The molecule has 0 aliphatic heterocycles. The summed E-state index contributed by atoms with van der Waals surface area (Å²) in [5.74, 6) is 5.36. The van der Waals surface area contributed by atoms with Crippen LogP contribution < -0.4 is 5.73 Å². The number of carbonyl (C=O) groups is 1. The van der Waals surface area contributed by atoms with E-state index in [1.165, 1.54) is 12.8 Å². The van der Waals surface area contributed by atoms with Gasteiger partial charge in [-0.15, -0.1) is 11.3 Å². The number of amides is 1. The van der Waals surface area contributed by atoms with Crippen LogP contribution >= 0.6 is 11.3 Å². The van der Waals surface area contributed by atoms with Crippen LogP contribution in [0.1, 0.15) is 36.1 Å². The topological polar surface area (TPSA) is 66.6 Å². The quantitative estimate of drug-likeness (QED) is 0.804. The van der Waals surface area contributed by atoms with Crippen LogP contribution in [-0.4, -0.2) is 35.1 Å². The van der Waals surface area contributed by atoms with Crippen molar-refractivity contribution in [2.75, 3.05) is 13.2 Å². The zero-order chi connectivity index (χ0) is 14.4. The minimum absolute atomic E-state index is 0.136. The summed E-state index contributed by atoms with van der Waals surface area (Å²) in [5.41, 5.74) is 6.31. The Bertz CT molecular complexity index is 509. The van der Waals surface area contributed by atoms with Crippen LogP contribution in [-0.2, 0) is 11.3 Å². The van der Waals surface area contributed by atoms with Gasteiger partial charge in [0.2, 0.25) is 5.91 Å². The summed E-state index contributed by atoms with van der Waals surface area (Å²) in [6, 6.07) is 2.41. The van der Waals surface area contributed by atoms with Gasteiger partial charge in [-0.05, 0) is 24.3 Å². The Morgan fingerprint density at radius 3 is 2.90 bits per heavy atom. The van der Waals surface area contributed by atoms with Gasteiger partial charge in [0.15, 0.2) is 0 Å². The predicted octanol–water partition coefficient (Wildman–Crippen LogP) is 1.32. The number of rotatable bonds is 5. The van der Waals surface area contributed by atoms with Crippen LogP contribution in [0.3, 0.4) is 0 Å². The van der Waals surface area contributed by atoms with Crippen LogP contribution in [0.25, 0.3) is 0 Å². The first-order chi connectivity index (χ1) is 9.70. The summed E-state index contributed by atoms with van der Waals surface area (Å²) in [6.07, 6.45) is 4.72. The first-order valence-electron chi connectivity index (χ1n) is 6.89. The van der Waals surface area contributed by atoms with E-state index < -0.39 is 0 Å². The minimum Gasteiger partial charge on any atom is -0.384 e. The summed E-state index contributed by atoms with van der Waals surface area (Å²) in [5, 5.41) is 10.8. The normalized spacial score (nSPS) is 15.3. The van der Waals surface area contributed by atoms with Gasteiger partial charge >= 0.3 is 0 Å². The Morgan fingerprint density at radius 1 is 1.50 bits per heavy atom. The van der Waals surface area contributed by atoms with Crippen molar-refractivity contribution >= 4 is 17.2 Å². The molecule has 0 radical (unpaired) electrons. The largest absolute Gasteiger partial charge is 0.384 e. The summed E-state index contributed by atoms with van der Waals surface area (Å²) < 4.78 is 0. The molecule has 1 fully saturated rings. The molecule has 1 aliphatic carbocycles. The molecule has 20 heavy (non-hydrogen) atoms. The van der Waals surface area contributed by atoms with E-state index in [4.69, 9.17) is 10.8 Å². The highest BCUT2D eigenvalue weighted by atomic mass is 32.1. The highest BCUT2D eigenvalue weighted by molar-refractivity contribution is 7.10. The molecule has 1 aromatic rings. The van der Waals surface area contributed by atoms with E-state index in [0.717, 1.165) is 23.3 Å². The predicted molar refractivity (Wildman–Crippen MR) is 80.1 cm³/mol. The number of aliphatic hydroxyl groups is 1. The number of hydrogen-bond donors (Lipinski definition) is 2. The van der Waals surface area contributed by atoms with Crippen LogP contribution in [0.2, 0.25) is 0 Å². The van der Waals surface area contributed by atoms with Crippen molar-refractivity contribution in [3.05, 3.63) is 21.9 Å². The third-order valence-electron chi connectivity index (χ3n) is 3.59. The molecule has 4 nitrogen and oxygen atoms in total. The lowest BCUT2D eigenvalue weighted by Crippen LogP contribution is -2.39. The Morgan fingerprint density at radius 2 is 2.25 bits per heavy atom. The second-order valence-corrected chi connectivity index (χ2v) is 6.03. The Balaban J connectivity index is 2.10. The highest BCUT2D eigenvalue weighted by Gasteiger charge is 2.24. The number of hydrogen-bond acceptors (Lipinski definition) is 4. The van der Waals surface area contributed by atoms with E-state index in [9.17, 15) is 4.79 Å². The smallest absolute Gasteiger partial charge is 0.231 e. The van der Waals surface area contributed by atoms with Crippen molar-refractivity contribution in [3.8, 4) is 11.8 Å². The molecule has 5 heteroatoms. The molecule has 1 aromatic heterocycles. The molecule has 1 heterocycles. The van der Waals surface area contributed by atoms with E-state index in [-0.39, 0.29) is 12.5 Å². The fraction of sp³-hybridized carbons (Fsp3) is 0.533. The summed E-state index contributed by atoms with van der Waals surface area (Å²) in [4.78, 5) is 14.6. The van der Waals surface area contributed by atoms with Gasteiger partial charge in [0.1, 0.15) is 6.61 Å². The monoisotopic (exact) mass is 292 g/mol. The van der Waals surface area contributed by atoms with Gasteiger partial charge in [0.05, 0.1) is 6.54 Å². The van der Waals surface area contributed by atoms with Gasteiger partial charge in [-0.25, -0.2) is 0 Å². The maximum absolute atomic E-state index is 11.3. The summed E-state index contributed by atoms with van der Waals surface area (Å²) in [7, 11) is 0. The maximum atomic E-state index is 11.3. The van der Waals surface area contributed by atoms with E-state index in [2.05, 4.69) is 16.7 Å². The Labute approximate surface area is 123 Å². The lowest BCUT2D eigenvalue weighted by Gasteiger charge is -2.27. The lowest BCUT2D eigenvalue weighted by molar-refractivity contribution is -0.119. The van der Waals surface area contributed by atoms with Gasteiger partial charge in [-0.1, -0.05) is 24.7 Å². The molecular formula is C15H20N2O2S. The van der Waals surface area contributed by atoms with Crippen LogP contribution in [0, 0.1) is 11.8 Å². The molecule has 0 saturated heterocycles. The van der Waals surface area contributed by atoms with Gasteiger partial charge in [0, 0.05) is 23.0 Å². The number of aliphatic hydroxyl groups excluding tert-OH is 1. The van der Waals surface area contributed by atoms with Crippen molar-refractivity contribution in [1.29, 1.82) is 0 Å². The molecular weight excluding hydrogens is 272 g/mol. The van der Waals surface area contributed by atoms with Crippen molar-refractivity contribution < 1.29 is 9.90 Å². The number of thiophene rings is 1. The van der Waals surface area contributed by atoms with Crippen molar-refractivity contribution in [1.82, 2.24) is 4.90 Å². The molecule has 108 valence electrons. The summed E-state index contributed by atoms with van der Waals surface area (Å²) in [6.45, 7) is 0.874. The van der Waals surface area contributed by atoms with E-state index in [1.807, 2.05) is 11.4 Å². The van der Waals surface area contributed by atoms with E-state index in [0.29, 0.717) is 19.1 Å². The second kappa shape index (κ2) is 7.44. The SMILES string of the molecule is NC(=O)CN(Cc1sccc1C#CCO)C1CCCC1. The molecule has 1 saturated carbocycles.